The Kier molecular flexibility index (Phi) is 7.17. The first-order valence-corrected chi connectivity index (χ1v) is 18.7. The number of hydrogen-bond donors (Lipinski definition) is 0. The molecule has 0 atom stereocenters. The van der Waals surface area contributed by atoms with Gasteiger partial charge in [-0.1, -0.05) is 152 Å². The molecule has 258 valence electrons. The zero-order valence-corrected chi connectivity index (χ0v) is 29.8. The molecular weight excluding hydrogens is 671 g/mol. The van der Waals surface area contributed by atoms with Gasteiger partial charge in [-0.2, -0.15) is 0 Å². The first-order chi connectivity index (χ1) is 27.3. The molecule has 0 radical (unpaired) electrons. The number of nitrogens with zero attached hydrogens (tertiary/aromatic N) is 1. The van der Waals surface area contributed by atoms with E-state index in [1.54, 1.807) is 0 Å². The molecule has 0 saturated carbocycles. The van der Waals surface area contributed by atoms with Crippen molar-refractivity contribution in [1.29, 1.82) is 0 Å². The third-order valence-electron chi connectivity index (χ3n) is 10.9. The maximum absolute atomic E-state index is 6.53. The van der Waals surface area contributed by atoms with Crippen LogP contribution < -0.4 is 4.90 Å². The SMILES string of the molecule is c1ccc(-c2ccc(-c3cccc4ccccc34)cc2N(c2ccccc2-c2ccc3oc4ccccc4c3c2)c2cccc3oc4ccccc4c23)cc1. The largest absolute Gasteiger partial charge is 0.456 e. The van der Waals surface area contributed by atoms with Crippen LogP contribution in [-0.4, -0.2) is 0 Å². The second kappa shape index (κ2) is 12.6. The van der Waals surface area contributed by atoms with E-state index < -0.39 is 0 Å². The molecular formula is C52H33NO2. The third kappa shape index (κ3) is 5.13. The second-order valence-corrected chi connectivity index (χ2v) is 14.0. The second-order valence-electron chi connectivity index (χ2n) is 14.0. The monoisotopic (exact) mass is 703 g/mol. The molecule has 0 fully saturated rings. The highest BCUT2D eigenvalue weighted by atomic mass is 16.3. The van der Waals surface area contributed by atoms with Crippen molar-refractivity contribution in [2.75, 3.05) is 4.90 Å². The highest BCUT2D eigenvalue weighted by Gasteiger charge is 2.25. The molecule has 0 bridgehead atoms. The molecule has 0 aliphatic carbocycles. The fourth-order valence-electron chi connectivity index (χ4n) is 8.36. The number of hydrogen-bond acceptors (Lipinski definition) is 3. The van der Waals surface area contributed by atoms with Crippen molar-refractivity contribution in [2.45, 2.75) is 0 Å². The van der Waals surface area contributed by atoms with Crippen LogP contribution in [0.4, 0.5) is 17.1 Å². The molecule has 9 aromatic carbocycles. The van der Waals surface area contributed by atoms with E-state index >= 15 is 0 Å². The van der Waals surface area contributed by atoms with Gasteiger partial charge >= 0.3 is 0 Å². The van der Waals surface area contributed by atoms with Crippen LogP contribution in [0, 0.1) is 0 Å². The molecule has 3 nitrogen and oxygen atoms in total. The van der Waals surface area contributed by atoms with Crippen molar-refractivity contribution in [2.24, 2.45) is 0 Å². The summed E-state index contributed by atoms with van der Waals surface area (Å²) < 4.78 is 12.8. The van der Waals surface area contributed by atoms with Crippen molar-refractivity contribution in [3.8, 4) is 33.4 Å². The highest BCUT2D eigenvalue weighted by Crippen LogP contribution is 2.50. The number of anilines is 3. The predicted octanol–water partition coefficient (Wildman–Crippen LogP) is 15.1. The number of furan rings is 2. The van der Waals surface area contributed by atoms with Gasteiger partial charge in [-0.3, -0.25) is 0 Å². The predicted molar refractivity (Wildman–Crippen MR) is 229 cm³/mol. The number of rotatable bonds is 6. The van der Waals surface area contributed by atoms with Crippen LogP contribution in [-0.2, 0) is 0 Å². The van der Waals surface area contributed by atoms with Crippen LogP contribution in [0.2, 0.25) is 0 Å². The highest BCUT2D eigenvalue weighted by molar-refractivity contribution is 6.15. The van der Waals surface area contributed by atoms with Crippen LogP contribution in [0.3, 0.4) is 0 Å². The normalized spacial score (nSPS) is 11.6. The summed E-state index contributed by atoms with van der Waals surface area (Å²) in [4.78, 5) is 2.45. The minimum absolute atomic E-state index is 0.846. The van der Waals surface area contributed by atoms with Gasteiger partial charge in [0, 0.05) is 27.3 Å². The van der Waals surface area contributed by atoms with Crippen molar-refractivity contribution in [1.82, 2.24) is 0 Å². The van der Waals surface area contributed by atoms with Crippen LogP contribution >= 0.6 is 0 Å². The zero-order chi connectivity index (χ0) is 36.3. The lowest BCUT2D eigenvalue weighted by Crippen LogP contribution is -2.13. The fourth-order valence-corrected chi connectivity index (χ4v) is 8.36. The van der Waals surface area contributed by atoms with Crippen LogP contribution in [0.15, 0.2) is 209 Å². The van der Waals surface area contributed by atoms with E-state index in [1.165, 1.54) is 16.3 Å². The summed E-state index contributed by atoms with van der Waals surface area (Å²) >= 11 is 0. The van der Waals surface area contributed by atoms with Gasteiger partial charge < -0.3 is 13.7 Å². The van der Waals surface area contributed by atoms with Gasteiger partial charge in [-0.15, -0.1) is 0 Å². The first kappa shape index (κ1) is 31.2. The Morgan fingerprint density at radius 2 is 0.855 bits per heavy atom. The number of para-hydroxylation sites is 3. The average Bonchev–Trinajstić information content (AvgIpc) is 3.83. The van der Waals surface area contributed by atoms with E-state index in [4.69, 9.17) is 8.83 Å². The quantitative estimate of drug-likeness (QED) is 0.173. The van der Waals surface area contributed by atoms with Gasteiger partial charge in [0.05, 0.1) is 22.4 Å². The molecule has 3 heteroatoms. The summed E-state index contributed by atoms with van der Waals surface area (Å²) in [5.41, 5.74) is 13.4. The summed E-state index contributed by atoms with van der Waals surface area (Å²) in [6.07, 6.45) is 0. The molecule has 0 N–H and O–H groups in total. The van der Waals surface area contributed by atoms with E-state index in [-0.39, 0.29) is 0 Å². The molecule has 11 rings (SSSR count). The molecule has 2 heterocycles. The zero-order valence-electron chi connectivity index (χ0n) is 29.8. The van der Waals surface area contributed by atoms with Crippen LogP contribution in [0.25, 0.3) is 88.0 Å². The van der Waals surface area contributed by atoms with E-state index in [0.717, 1.165) is 88.8 Å². The minimum atomic E-state index is 0.846. The Hall–Kier alpha value is -7.36. The minimum Gasteiger partial charge on any atom is -0.456 e. The molecule has 2 aromatic heterocycles. The third-order valence-corrected chi connectivity index (χ3v) is 10.9. The summed E-state index contributed by atoms with van der Waals surface area (Å²) in [5, 5.41) is 6.79. The van der Waals surface area contributed by atoms with E-state index in [2.05, 4.69) is 187 Å². The Labute approximate surface area is 317 Å². The lowest BCUT2D eigenvalue weighted by atomic mass is 9.93. The molecule has 0 amide bonds. The Balaban J connectivity index is 1.24. The lowest BCUT2D eigenvalue weighted by Gasteiger charge is -2.31. The smallest absolute Gasteiger partial charge is 0.137 e. The number of benzene rings is 9. The molecule has 0 unspecified atom stereocenters. The molecule has 0 spiro atoms. The van der Waals surface area contributed by atoms with Gasteiger partial charge in [0.1, 0.15) is 22.3 Å². The van der Waals surface area contributed by atoms with Crippen molar-refractivity contribution >= 4 is 71.7 Å². The fraction of sp³-hybridized carbons (Fsp3) is 0. The summed E-state index contributed by atoms with van der Waals surface area (Å²) in [6.45, 7) is 0. The standard InChI is InChI=1S/C52H33NO2/c1-2-14-35(15-3-1)41-30-28-37(39-22-12-17-34-16-4-5-18-38(34)39)33-47(41)53(46-24-13-27-51-52(46)43-21-8-11-26-49(43)55-51)45-23-9-6-19-40(45)36-29-31-50-44(32-36)42-20-7-10-25-48(42)54-50/h1-33H. The Bertz CT molecular complexity index is 3220. The average molecular weight is 704 g/mol. The molecule has 0 aliphatic heterocycles. The molecule has 0 saturated heterocycles. The van der Waals surface area contributed by atoms with E-state index in [1.807, 2.05) is 18.2 Å². The van der Waals surface area contributed by atoms with Crippen LogP contribution in [0.5, 0.6) is 0 Å². The van der Waals surface area contributed by atoms with E-state index in [9.17, 15) is 0 Å². The van der Waals surface area contributed by atoms with E-state index in [0.29, 0.717) is 0 Å². The molecule has 11 aromatic rings. The topological polar surface area (TPSA) is 29.5 Å². The maximum Gasteiger partial charge on any atom is 0.137 e. The Morgan fingerprint density at radius 1 is 0.291 bits per heavy atom. The molecule has 55 heavy (non-hydrogen) atoms. The summed E-state index contributed by atoms with van der Waals surface area (Å²) in [6, 6.07) is 71.2. The van der Waals surface area contributed by atoms with Crippen LogP contribution in [0.1, 0.15) is 0 Å². The van der Waals surface area contributed by atoms with Gasteiger partial charge in [0.2, 0.25) is 0 Å². The molecule has 0 aliphatic rings. The van der Waals surface area contributed by atoms with Crippen molar-refractivity contribution < 1.29 is 8.83 Å². The Morgan fingerprint density at radius 3 is 1.75 bits per heavy atom. The first-order valence-electron chi connectivity index (χ1n) is 18.7. The summed E-state index contributed by atoms with van der Waals surface area (Å²) in [5.74, 6) is 0. The van der Waals surface area contributed by atoms with Gasteiger partial charge in [-0.25, -0.2) is 0 Å². The maximum atomic E-state index is 6.53. The van der Waals surface area contributed by atoms with Gasteiger partial charge in [0.25, 0.3) is 0 Å². The summed E-state index contributed by atoms with van der Waals surface area (Å²) in [7, 11) is 0. The lowest BCUT2D eigenvalue weighted by molar-refractivity contribution is 0.668. The van der Waals surface area contributed by atoms with Crippen molar-refractivity contribution in [3.05, 3.63) is 200 Å². The van der Waals surface area contributed by atoms with Gasteiger partial charge in [0.15, 0.2) is 0 Å². The van der Waals surface area contributed by atoms with Gasteiger partial charge in [-0.05, 0) is 81.6 Å². The van der Waals surface area contributed by atoms with Crippen molar-refractivity contribution in [3.63, 3.8) is 0 Å². The number of fused-ring (bicyclic) bond motifs is 7.